The zero-order valence-corrected chi connectivity index (χ0v) is 29.7. The molecular formula is C37H61O9P. The highest BCUT2D eigenvalue weighted by Gasteiger charge is 2.22. The molecule has 0 aliphatic heterocycles. The standard InChI is InChI=1S/C37H61O9P/c1-3-5-6-7-8-9-14-18-21-24-27-30-36(39)44-32-35(33-45-47(41,42)43)46-37(40)31-28-25-22-19-16-13-11-10-12-15-17-20-23-26-29-34(38)4-2/h7-8,11-13,15,19-20,22-23,26,29,34-35,38H,3-6,9-10,14,16-18,21,24-25,27-28,30-33H2,1-2H3,(H2,41,42,43)/b8-7-,13-11-,15-12-,22-19-,23-20-,29-26+/t34-,35-/m1/s1. The molecule has 0 unspecified atom stereocenters. The van der Waals surface area contributed by atoms with Gasteiger partial charge in [-0.3, -0.25) is 14.1 Å². The third-order valence-electron chi connectivity index (χ3n) is 6.87. The number of hydrogen-bond donors (Lipinski definition) is 3. The highest BCUT2D eigenvalue weighted by Crippen LogP contribution is 2.35. The maximum atomic E-state index is 12.3. The number of esters is 2. The third-order valence-corrected chi connectivity index (χ3v) is 7.35. The molecule has 47 heavy (non-hydrogen) atoms. The fraction of sp³-hybridized carbons (Fsp3) is 0.622. The molecule has 2 atom stereocenters. The van der Waals surface area contributed by atoms with E-state index in [0.717, 1.165) is 57.8 Å². The van der Waals surface area contributed by atoms with Gasteiger partial charge in [-0.2, -0.15) is 0 Å². The molecule has 3 N–H and O–H groups in total. The first kappa shape index (κ1) is 44.5. The number of ether oxygens (including phenoxy) is 2. The van der Waals surface area contributed by atoms with Gasteiger partial charge in [-0.05, 0) is 64.2 Å². The lowest BCUT2D eigenvalue weighted by atomic mass is 10.1. The Labute approximate surface area is 283 Å². The van der Waals surface area contributed by atoms with Crippen LogP contribution >= 0.6 is 7.82 Å². The molecule has 0 heterocycles. The average Bonchev–Trinajstić information content (AvgIpc) is 3.04. The lowest BCUT2D eigenvalue weighted by Gasteiger charge is -2.18. The molecule has 0 bridgehead atoms. The number of aliphatic hydroxyl groups excluding tert-OH is 1. The fourth-order valence-corrected chi connectivity index (χ4v) is 4.46. The van der Waals surface area contributed by atoms with Gasteiger partial charge in [-0.1, -0.05) is 119 Å². The van der Waals surface area contributed by atoms with Crippen LogP contribution in [0.4, 0.5) is 0 Å². The van der Waals surface area contributed by atoms with Gasteiger partial charge in [-0.15, -0.1) is 0 Å². The number of unbranched alkanes of at least 4 members (excludes halogenated alkanes) is 8. The Balaban J connectivity index is 4.17. The monoisotopic (exact) mass is 680 g/mol. The first-order valence-electron chi connectivity index (χ1n) is 17.3. The van der Waals surface area contributed by atoms with Crippen molar-refractivity contribution in [3.8, 4) is 0 Å². The van der Waals surface area contributed by atoms with Gasteiger partial charge in [0.2, 0.25) is 0 Å². The fourth-order valence-electron chi connectivity index (χ4n) is 4.10. The summed E-state index contributed by atoms with van der Waals surface area (Å²) in [5.74, 6) is -0.994. The lowest BCUT2D eigenvalue weighted by Crippen LogP contribution is -2.29. The lowest BCUT2D eigenvalue weighted by molar-refractivity contribution is -0.161. The van der Waals surface area contributed by atoms with E-state index in [9.17, 15) is 19.3 Å². The van der Waals surface area contributed by atoms with Gasteiger partial charge in [0.25, 0.3) is 0 Å². The topological polar surface area (TPSA) is 140 Å². The predicted octanol–water partition coefficient (Wildman–Crippen LogP) is 8.92. The van der Waals surface area contributed by atoms with E-state index in [1.165, 1.54) is 12.8 Å². The minimum Gasteiger partial charge on any atom is -0.462 e. The molecule has 0 aromatic rings. The van der Waals surface area contributed by atoms with Crippen molar-refractivity contribution in [1.82, 2.24) is 0 Å². The second-order valence-corrected chi connectivity index (χ2v) is 12.5. The van der Waals surface area contributed by atoms with Crippen molar-refractivity contribution in [2.24, 2.45) is 0 Å². The summed E-state index contributed by atoms with van der Waals surface area (Å²) in [7, 11) is -4.78. The number of hydrogen-bond acceptors (Lipinski definition) is 7. The summed E-state index contributed by atoms with van der Waals surface area (Å²) in [6, 6.07) is 0. The molecule has 0 rings (SSSR count). The van der Waals surface area contributed by atoms with Gasteiger partial charge in [0.05, 0.1) is 12.7 Å². The van der Waals surface area contributed by atoms with Gasteiger partial charge in [0, 0.05) is 12.8 Å². The van der Waals surface area contributed by atoms with Crippen LogP contribution < -0.4 is 0 Å². The van der Waals surface area contributed by atoms with E-state index in [4.69, 9.17) is 19.3 Å². The van der Waals surface area contributed by atoms with Crippen molar-refractivity contribution >= 4 is 19.8 Å². The zero-order chi connectivity index (χ0) is 34.9. The molecule has 0 aliphatic carbocycles. The quantitative estimate of drug-likeness (QED) is 0.0223. The zero-order valence-electron chi connectivity index (χ0n) is 28.8. The highest BCUT2D eigenvalue weighted by atomic mass is 31.2. The van der Waals surface area contributed by atoms with Gasteiger partial charge in [0.1, 0.15) is 6.61 Å². The van der Waals surface area contributed by atoms with Crippen LogP contribution in [0.3, 0.4) is 0 Å². The molecule has 0 fully saturated rings. The number of phosphoric ester groups is 1. The van der Waals surface area contributed by atoms with Crippen molar-refractivity contribution in [3.63, 3.8) is 0 Å². The number of carbonyl (C=O) groups is 2. The Morgan fingerprint density at radius 1 is 0.660 bits per heavy atom. The third kappa shape index (κ3) is 34.6. The molecule has 0 saturated carbocycles. The molecule has 268 valence electrons. The summed E-state index contributed by atoms with van der Waals surface area (Å²) < 4.78 is 26.1. The van der Waals surface area contributed by atoms with E-state index in [0.29, 0.717) is 25.7 Å². The predicted molar refractivity (Wildman–Crippen MR) is 190 cm³/mol. The van der Waals surface area contributed by atoms with Crippen LogP contribution in [0.15, 0.2) is 72.9 Å². The molecule has 10 heteroatoms. The van der Waals surface area contributed by atoms with Crippen molar-refractivity contribution in [3.05, 3.63) is 72.9 Å². The van der Waals surface area contributed by atoms with E-state index < -0.39 is 32.5 Å². The smallest absolute Gasteiger partial charge is 0.462 e. The number of aliphatic hydroxyl groups is 1. The Hall–Kier alpha value is -2.55. The average molecular weight is 681 g/mol. The molecule has 0 aromatic carbocycles. The Bertz CT molecular complexity index is 1010. The molecule has 0 aromatic heterocycles. The minimum atomic E-state index is -4.78. The summed E-state index contributed by atoms with van der Waals surface area (Å²) in [6.07, 6.45) is 37.3. The Morgan fingerprint density at radius 3 is 1.87 bits per heavy atom. The summed E-state index contributed by atoms with van der Waals surface area (Å²) >= 11 is 0. The second kappa shape index (κ2) is 32.0. The number of phosphoric acid groups is 1. The number of rotatable bonds is 30. The van der Waals surface area contributed by atoms with Gasteiger partial charge in [0.15, 0.2) is 6.10 Å². The normalized spacial score (nSPS) is 14.1. The summed E-state index contributed by atoms with van der Waals surface area (Å²) in [6.45, 7) is 3.22. The van der Waals surface area contributed by atoms with Crippen LogP contribution in [-0.4, -0.2) is 52.3 Å². The second-order valence-electron chi connectivity index (χ2n) is 11.3. The van der Waals surface area contributed by atoms with E-state index >= 15 is 0 Å². The van der Waals surface area contributed by atoms with Crippen LogP contribution in [0.2, 0.25) is 0 Å². The SMILES string of the molecule is CCCC/C=C\CCCCCCCC(=O)OC[C@H](COP(=O)(O)O)OC(=O)CCC/C=C\C/C=C\C/C=C\C/C=C\C=C\[C@H](O)CC. The largest absolute Gasteiger partial charge is 0.469 e. The van der Waals surface area contributed by atoms with Crippen LogP contribution in [-0.2, 0) is 28.2 Å². The van der Waals surface area contributed by atoms with Crippen molar-refractivity contribution < 1.29 is 43.0 Å². The molecular weight excluding hydrogens is 619 g/mol. The van der Waals surface area contributed by atoms with Crippen LogP contribution in [0.25, 0.3) is 0 Å². The number of allylic oxidation sites excluding steroid dienone is 11. The van der Waals surface area contributed by atoms with Crippen LogP contribution in [0, 0.1) is 0 Å². The first-order valence-corrected chi connectivity index (χ1v) is 18.9. The van der Waals surface area contributed by atoms with E-state index in [1.807, 2.05) is 37.3 Å². The molecule has 9 nitrogen and oxygen atoms in total. The Kier molecular flexibility index (Phi) is 30.3. The van der Waals surface area contributed by atoms with E-state index in [-0.39, 0.29) is 25.6 Å². The van der Waals surface area contributed by atoms with E-state index in [1.54, 1.807) is 6.08 Å². The number of carbonyl (C=O) groups excluding carboxylic acids is 2. The van der Waals surface area contributed by atoms with Gasteiger partial charge in [-0.25, -0.2) is 4.57 Å². The van der Waals surface area contributed by atoms with Crippen LogP contribution in [0.1, 0.15) is 123 Å². The molecule has 0 aliphatic rings. The molecule has 0 saturated heterocycles. The van der Waals surface area contributed by atoms with Crippen molar-refractivity contribution in [2.75, 3.05) is 13.2 Å². The highest BCUT2D eigenvalue weighted by molar-refractivity contribution is 7.46. The molecule has 0 radical (unpaired) electrons. The first-order chi connectivity index (χ1) is 22.7. The summed E-state index contributed by atoms with van der Waals surface area (Å²) in [5, 5.41) is 9.43. The van der Waals surface area contributed by atoms with E-state index in [2.05, 4.69) is 47.9 Å². The van der Waals surface area contributed by atoms with Gasteiger partial charge < -0.3 is 24.4 Å². The van der Waals surface area contributed by atoms with Crippen LogP contribution in [0.5, 0.6) is 0 Å². The van der Waals surface area contributed by atoms with Crippen molar-refractivity contribution in [2.45, 2.75) is 135 Å². The van der Waals surface area contributed by atoms with Gasteiger partial charge >= 0.3 is 19.8 Å². The molecule has 0 amide bonds. The minimum absolute atomic E-state index is 0.114. The summed E-state index contributed by atoms with van der Waals surface area (Å²) in [5.41, 5.74) is 0. The van der Waals surface area contributed by atoms with Crippen molar-refractivity contribution in [1.29, 1.82) is 0 Å². The molecule has 0 spiro atoms. The Morgan fingerprint density at radius 2 is 1.21 bits per heavy atom. The maximum absolute atomic E-state index is 12.3. The summed E-state index contributed by atoms with van der Waals surface area (Å²) in [4.78, 5) is 42.5. The maximum Gasteiger partial charge on any atom is 0.469 e.